The zero-order valence-corrected chi connectivity index (χ0v) is 21.8. The van der Waals surface area contributed by atoms with E-state index < -0.39 is 0 Å². The zero-order chi connectivity index (χ0) is 21.3. The molecule has 1 fully saturated rings. The predicted molar refractivity (Wildman–Crippen MR) is 139 cm³/mol. The number of nitrogens with one attached hydrogen (secondary N) is 1. The molecule has 0 radical (unpaired) electrons. The van der Waals surface area contributed by atoms with Crippen LogP contribution in [0.2, 0.25) is 0 Å². The number of nitrogens with zero attached hydrogens (tertiary/aromatic N) is 4. The van der Waals surface area contributed by atoms with E-state index in [0.29, 0.717) is 19.0 Å². The summed E-state index contributed by atoms with van der Waals surface area (Å²) in [5, 5.41) is 3.44. The number of rotatable bonds is 8. The van der Waals surface area contributed by atoms with Gasteiger partial charge in [-0.2, -0.15) is 0 Å². The van der Waals surface area contributed by atoms with Crippen molar-refractivity contribution in [3.8, 4) is 0 Å². The predicted octanol–water partition coefficient (Wildman–Crippen LogP) is 3.35. The van der Waals surface area contributed by atoms with Crippen LogP contribution in [0.4, 0.5) is 0 Å². The van der Waals surface area contributed by atoms with E-state index in [2.05, 4.69) is 60.2 Å². The Morgan fingerprint density at radius 2 is 1.87 bits per heavy atom. The lowest BCUT2D eigenvalue weighted by Gasteiger charge is -2.29. The standard InChI is InChI=1S/C24H39N5O.HI/c1-4-25-24(29-17-14-22(19-29)27(5-2)6-3)26-15-9-12-23(30)28-16-13-20-10-7-8-11-21(20)18-28;/h7-8,10-11,22H,4-6,9,12-19H2,1-3H3,(H,25,26);1H. The van der Waals surface area contributed by atoms with Gasteiger partial charge in [0.1, 0.15) is 0 Å². The number of likely N-dealkylation sites (N-methyl/N-ethyl adjacent to an activating group) is 1. The van der Waals surface area contributed by atoms with Crippen LogP contribution in [0.25, 0.3) is 0 Å². The topological polar surface area (TPSA) is 51.2 Å². The number of halogens is 1. The molecule has 174 valence electrons. The fraction of sp³-hybridized carbons (Fsp3) is 0.667. The van der Waals surface area contributed by atoms with E-state index in [-0.39, 0.29) is 29.9 Å². The largest absolute Gasteiger partial charge is 0.357 e. The van der Waals surface area contributed by atoms with Crippen molar-refractivity contribution < 1.29 is 4.79 Å². The summed E-state index contributed by atoms with van der Waals surface area (Å²) in [6.45, 7) is 14.1. The molecule has 6 nitrogen and oxygen atoms in total. The highest BCUT2D eigenvalue weighted by Crippen LogP contribution is 2.19. The van der Waals surface area contributed by atoms with Gasteiger partial charge < -0.3 is 15.1 Å². The molecule has 1 aromatic carbocycles. The van der Waals surface area contributed by atoms with Crippen LogP contribution in [0, 0.1) is 0 Å². The Bertz CT molecular complexity index is 722. The van der Waals surface area contributed by atoms with E-state index in [9.17, 15) is 4.79 Å². The Kier molecular flexibility index (Phi) is 11.1. The van der Waals surface area contributed by atoms with E-state index in [4.69, 9.17) is 4.99 Å². The van der Waals surface area contributed by atoms with Gasteiger partial charge in [-0.3, -0.25) is 14.7 Å². The molecule has 0 saturated carbocycles. The number of fused-ring (bicyclic) bond motifs is 1. The molecule has 31 heavy (non-hydrogen) atoms. The minimum atomic E-state index is 0. The van der Waals surface area contributed by atoms with E-state index in [1.807, 2.05) is 4.90 Å². The molecule has 2 heterocycles. The average Bonchev–Trinajstić information content (AvgIpc) is 3.26. The summed E-state index contributed by atoms with van der Waals surface area (Å²) in [6, 6.07) is 9.08. The molecule has 3 rings (SSSR count). The summed E-state index contributed by atoms with van der Waals surface area (Å²) in [5.74, 6) is 1.26. The van der Waals surface area contributed by atoms with Crippen molar-refractivity contribution in [2.75, 3.05) is 45.8 Å². The highest BCUT2D eigenvalue weighted by atomic mass is 127. The van der Waals surface area contributed by atoms with E-state index in [1.54, 1.807) is 0 Å². The summed E-state index contributed by atoms with van der Waals surface area (Å²) >= 11 is 0. The van der Waals surface area contributed by atoms with Gasteiger partial charge in [-0.05, 0) is 50.4 Å². The summed E-state index contributed by atoms with van der Waals surface area (Å²) in [7, 11) is 0. The van der Waals surface area contributed by atoms with Crippen LogP contribution in [0.5, 0.6) is 0 Å². The van der Waals surface area contributed by atoms with Crippen molar-refractivity contribution in [1.29, 1.82) is 0 Å². The average molecular weight is 542 g/mol. The van der Waals surface area contributed by atoms with E-state index >= 15 is 0 Å². The molecule has 1 atom stereocenters. The number of carbonyl (C=O) groups excluding carboxylic acids is 1. The van der Waals surface area contributed by atoms with Crippen molar-refractivity contribution in [3.05, 3.63) is 35.4 Å². The smallest absolute Gasteiger partial charge is 0.222 e. The Hall–Kier alpha value is -1.35. The monoisotopic (exact) mass is 541 g/mol. The highest BCUT2D eigenvalue weighted by Gasteiger charge is 2.28. The molecule has 0 bridgehead atoms. The first-order valence-electron chi connectivity index (χ1n) is 11.8. The summed E-state index contributed by atoms with van der Waals surface area (Å²) in [6.07, 6.45) is 3.54. The van der Waals surface area contributed by atoms with Gasteiger partial charge in [0.05, 0.1) is 0 Å². The van der Waals surface area contributed by atoms with Crippen LogP contribution in [0.1, 0.15) is 51.2 Å². The number of hydrogen-bond acceptors (Lipinski definition) is 3. The zero-order valence-electron chi connectivity index (χ0n) is 19.5. The second-order valence-corrected chi connectivity index (χ2v) is 8.28. The third-order valence-corrected chi connectivity index (χ3v) is 6.42. The van der Waals surface area contributed by atoms with Gasteiger partial charge in [0, 0.05) is 51.7 Å². The molecule has 1 unspecified atom stereocenters. The van der Waals surface area contributed by atoms with E-state index in [0.717, 1.165) is 64.6 Å². The van der Waals surface area contributed by atoms with Gasteiger partial charge in [-0.15, -0.1) is 24.0 Å². The molecule has 7 heteroatoms. The number of aliphatic imine (C=N–C) groups is 1. The Morgan fingerprint density at radius 3 is 2.58 bits per heavy atom. The minimum absolute atomic E-state index is 0. The Labute approximate surface area is 205 Å². The van der Waals surface area contributed by atoms with Crippen LogP contribution in [-0.2, 0) is 17.8 Å². The fourth-order valence-electron chi connectivity index (χ4n) is 4.68. The lowest BCUT2D eigenvalue weighted by Crippen LogP contribution is -2.43. The Morgan fingerprint density at radius 1 is 1.13 bits per heavy atom. The minimum Gasteiger partial charge on any atom is -0.357 e. The SMILES string of the molecule is CCNC(=NCCCC(=O)N1CCc2ccccc2C1)N1CCC(N(CC)CC)C1.I. The molecule has 0 aliphatic carbocycles. The molecule has 1 amide bonds. The first-order chi connectivity index (χ1) is 14.7. The molecule has 0 aromatic heterocycles. The Balaban J connectivity index is 0.00000341. The fourth-order valence-corrected chi connectivity index (χ4v) is 4.68. The second-order valence-electron chi connectivity index (χ2n) is 8.28. The van der Waals surface area contributed by atoms with Crippen molar-refractivity contribution in [2.24, 2.45) is 4.99 Å². The number of carbonyl (C=O) groups is 1. The van der Waals surface area contributed by atoms with E-state index in [1.165, 1.54) is 17.5 Å². The first kappa shape index (κ1) is 25.9. The van der Waals surface area contributed by atoms with Gasteiger partial charge >= 0.3 is 0 Å². The highest BCUT2D eigenvalue weighted by molar-refractivity contribution is 14.0. The number of hydrogen-bond donors (Lipinski definition) is 1. The molecule has 1 aromatic rings. The lowest BCUT2D eigenvalue weighted by atomic mass is 9.99. The molecule has 2 aliphatic heterocycles. The quantitative estimate of drug-likeness (QED) is 0.238. The van der Waals surface area contributed by atoms with Crippen LogP contribution in [-0.4, -0.2) is 78.4 Å². The van der Waals surface area contributed by atoms with Gasteiger partial charge in [0.2, 0.25) is 5.91 Å². The maximum atomic E-state index is 12.7. The first-order valence-corrected chi connectivity index (χ1v) is 11.8. The van der Waals surface area contributed by atoms with Crippen LogP contribution >= 0.6 is 24.0 Å². The molecular formula is C24H40IN5O. The number of benzene rings is 1. The number of guanidine groups is 1. The normalized spacial score (nSPS) is 18.7. The van der Waals surface area contributed by atoms with Crippen molar-refractivity contribution in [3.63, 3.8) is 0 Å². The number of amides is 1. The summed E-state index contributed by atoms with van der Waals surface area (Å²) < 4.78 is 0. The number of likely N-dealkylation sites (tertiary alicyclic amines) is 1. The van der Waals surface area contributed by atoms with Crippen LogP contribution in [0.3, 0.4) is 0 Å². The molecule has 1 N–H and O–H groups in total. The van der Waals surface area contributed by atoms with Gasteiger partial charge in [-0.25, -0.2) is 0 Å². The molecular weight excluding hydrogens is 501 g/mol. The molecule has 0 spiro atoms. The van der Waals surface area contributed by atoms with Crippen LogP contribution < -0.4 is 5.32 Å². The third kappa shape index (κ3) is 7.07. The summed E-state index contributed by atoms with van der Waals surface area (Å²) in [4.78, 5) is 24.4. The maximum absolute atomic E-state index is 12.7. The van der Waals surface area contributed by atoms with Gasteiger partial charge in [0.25, 0.3) is 0 Å². The van der Waals surface area contributed by atoms with Gasteiger partial charge in [-0.1, -0.05) is 38.1 Å². The van der Waals surface area contributed by atoms with Crippen molar-refractivity contribution in [2.45, 2.75) is 59.0 Å². The molecule has 1 saturated heterocycles. The lowest BCUT2D eigenvalue weighted by molar-refractivity contribution is -0.132. The van der Waals surface area contributed by atoms with Crippen molar-refractivity contribution in [1.82, 2.24) is 20.0 Å². The second kappa shape index (κ2) is 13.3. The summed E-state index contributed by atoms with van der Waals surface area (Å²) in [5.41, 5.74) is 2.68. The van der Waals surface area contributed by atoms with Gasteiger partial charge in [0.15, 0.2) is 5.96 Å². The maximum Gasteiger partial charge on any atom is 0.222 e. The van der Waals surface area contributed by atoms with Crippen molar-refractivity contribution >= 4 is 35.8 Å². The molecule has 2 aliphatic rings. The van der Waals surface area contributed by atoms with Crippen LogP contribution in [0.15, 0.2) is 29.3 Å². The third-order valence-electron chi connectivity index (χ3n) is 6.42.